The normalized spacial score (nSPS) is 23.3. The molecule has 0 fully saturated rings. The summed E-state index contributed by atoms with van der Waals surface area (Å²) >= 11 is 0. The van der Waals surface area contributed by atoms with Crippen molar-refractivity contribution in [1.29, 1.82) is 0 Å². The van der Waals surface area contributed by atoms with Crippen molar-refractivity contribution in [3.8, 4) is 5.75 Å². The van der Waals surface area contributed by atoms with Gasteiger partial charge in [-0.05, 0) is 43.4 Å². The van der Waals surface area contributed by atoms with Crippen molar-refractivity contribution >= 4 is 0 Å². The van der Waals surface area contributed by atoms with Crippen molar-refractivity contribution in [2.75, 3.05) is 13.2 Å². The molecule has 0 aliphatic carbocycles. The lowest BCUT2D eigenvalue weighted by atomic mass is 9.91. The molecule has 0 saturated carbocycles. The van der Waals surface area contributed by atoms with Gasteiger partial charge in [0, 0.05) is 0 Å². The lowest BCUT2D eigenvalue weighted by Crippen LogP contribution is -2.09. The third kappa shape index (κ3) is 3.47. The average Bonchev–Trinajstić information content (AvgIpc) is 2.44. The van der Waals surface area contributed by atoms with Gasteiger partial charge >= 0.3 is 0 Å². The van der Waals surface area contributed by atoms with Gasteiger partial charge in [-0.15, -0.1) is 0 Å². The van der Waals surface area contributed by atoms with Crippen LogP contribution in [-0.4, -0.2) is 13.2 Å². The van der Waals surface area contributed by atoms with Crippen molar-refractivity contribution in [3.05, 3.63) is 54.1 Å². The minimum absolute atomic E-state index is 0.453. The Hall–Kier alpha value is -1.54. The Bertz CT molecular complexity index is 423. The van der Waals surface area contributed by atoms with Crippen LogP contribution < -0.4 is 10.5 Å². The first-order valence-corrected chi connectivity index (χ1v) is 6.65. The van der Waals surface area contributed by atoms with Gasteiger partial charge < -0.3 is 10.5 Å². The summed E-state index contributed by atoms with van der Waals surface area (Å²) in [6.07, 6.45) is 11.5. The van der Waals surface area contributed by atoms with Gasteiger partial charge in [0.05, 0.1) is 6.61 Å². The minimum Gasteiger partial charge on any atom is -0.493 e. The predicted octanol–water partition coefficient (Wildman–Crippen LogP) is 3.40. The molecule has 0 radical (unpaired) electrons. The van der Waals surface area contributed by atoms with Gasteiger partial charge in [-0.2, -0.15) is 0 Å². The van der Waals surface area contributed by atoms with Gasteiger partial charge in [-0.25, -0.2) is 0 Å². The number of rotatable bonds is 2. The van der Waals surface area contributed by atoms with E-state index in [2.05, 4.69) is 42.5 Å². The van der Waals surface area contributed by atoms with Gasteiger partial charge in [0.2, 0.25) is 0 Å². The van der Waals surface area contributed by atoms with Crippen LogP contribution in [0, 0.1) is 0 Å². The molecule has 1 aliphatic heterocycles. The fourth-order valence-electron chi connectivity index (χ4n) is 2.28. The second-order valence-corrected chi connectivity index (χ2v) is 4.54. The van der Waals surface area contributed by atoms with Crippen LogP contribution in [-0.2, 0) is 0 Å². The molecule has 2 nitrogen and oxygen atoms in total. The summed E-state index contributed by atoms with van der Waals surface area (Å²) in [7, 11) is 0. The Labute approximate surface area is 109 Å². The monoisotopic (exact) mass is 243 g/mol. The quantitative estimate of drug-likeness (QED) is 0.864. The molecular formula is C16H21NO. The molecular weight excluding hydrogens is 222 g/mol. The molecule has 0 aromatic heterocycles. The predicted molar refractivity (Wildman–Crippen MR) is 75.9 cm³/mol. The largest absolute Gasteiger partial charge is 0.493 e. The Morgan fingerprint density at radius 3 is 2.89 bits per heavy atom. The molecule has 1 aromatic carbocycles. The van der Waals surface area contributed by atoms with Gasteiger partial charge in [0.15, 0.2) is 0 Å². The summed E-state index contributed by atoms with van der Waals surface area (Å²) in [6.45, 7) is 1.44. The highest BCUT2D eigenvalue weighted by Crippen LogP contribution is 2.31. The molecule has 1 aliphatic rings. The molecule has 0 saturated heterocycles. The highest BCUT2D eigenvalue weighted by atomic mass is 16.5. The zero-order valence-electron chi connectivity index (χ0n) is 10.7. The van der Waals surface area contributed by atoms with Gasteiger partial charge in [0.1, 0.15) is 5.75 Å². The van der Waals surface area contributed by atoms with E-state index in [1.54, 1.807) is 0 Å². The zero-order chi connectivity index (χ0) is 12.6. The number of benzene rings is 1. The maximum absolute atomic E-state index is 5.88. The molecule has 2 rings (SSSR count). The summed E-state index contributed by atoms with van der Waals surface area (Å²) in [5.74, 6) is 1.47. The molecule has 96 valence electrons. The van der Waals surface area contributed by atoms with Crippen LogP contribution >= 0.6 is 0 Å². The summed E-state index contributed by atoms with van der Waals surface area (Å²) in [5.41, 5.74) is 7.02. The maximum Gasteiger partial charge on any atom is 0.122 e. The van der Waals surface area contributed by atoms with Crippen LogP contribution in [0.25, 0.3) is 0 Å². The van der Waals surface area contributed by atoms with Crippen LogP contribution in [0.2, 0.25) is 0 Å². The summed E-state index contributed by atoms with van der Waals surface area (Å²) < 4.78 is 5.88. The number of fused-ring (bicyclic) bond motifs is 1. The number of hydrogen-bond acceptors (Lipinski definition) is 2. The maximum atomic E-state index is 5.88. The molecule has 1 aromatic rings. The summed E-state index contributed by atoms with van der Waals surface area (Å²) in [4.78, 5) is 0. The van der Waals surface area contributed by atoms with E-state index in [4.69, 9.17) is 10.5 Å². The third-order valence-corrected chi connectivity index (χ3v) is 3.22. The van der Waals surface area contributed by atoms with Crippen molar-refractivity contribution in [1.82, 2.24) is 0 Å². The molecule has 18 heavy (non-hydrogen) atoms. The lowest BCUT2D eigenvalue weighted by Gasteiger charge is -2.18. The van der Waals surface area contributed by atoms with Gasteiger partial charge in [0.25, 0.3) is 0 Å². The lowest BCUT2D eigenvalue weighted by molar-refractivity contribution is 0.319. The Morgan fingerprint density at radius 1 is 1.17 bits per heavy atom. The number of hydrogen-bond donors (Lipinski definition) is 1. The second kappa shape index (κ2) is 7.02. The van der Waals surface area contributed by atoms with Gasteiger partial charge in [-0.3, -0.25) is 0 Å². The van der Waals surface area contributed by atoms with Crippen LogP contribution in [0.5, 0.6) is 5.75 Å². The summed E-state index contributed by atoms with van der Waals surface area (Å²) in [6, 6.07) is 8.33. The molecule has 2 N–H and O–H groups in total. The molecule has 1 heterocycles. The van der Waals surface area contributed by atoms with Crippen LogP contribution in [0.1, 0.15) is 30.7 Å². The summed E-state index contributed by atoms with van der Waals surface area (Å²) in [5, 5.41) is 0. The van der Waals surface area contributed by atoms with Crippen LogP contribution in [0.4, 0.5) is 0 Å². The van der Waals surface area contributed by atoms with Crippen molar-refractivity contribution in [3.63, 3.8) is 0 Å². The van der Waals surface area contributed by atoms with Crippen molar-refractivity contribution in [2.45, 2.75) is 25.2 Å². The number of ether oxygens (including phenoxy) is 1. The zero-order valence-corrected chi connectivity index (χ0v) is 10.7. The first kappa shape index (κ1) is 12.9. The fraction of sp³-hybridized carbons (Fsp3) is 0.375. The third-order valence-electron chi connectivity index (χ3n) is 3.22. The smallest absolute Gasteiger partial charge is 0.122 e. The minimum atomic E-state index is 0.453. The molecule has 2 heteroatoms. The standard InChI is InChI=1S/C16H21NO/c17-12-11-14-8-4-2-1-3-7-13-18-16-10-6-5-9-15(14)16/h1-6,9-10,14H,7-8,11-13,17H2/b3-1-,4-2-. The number of allylic oxidation sites excluding steroid dienone is 3. The van der Waals surface area contributed by atoms with Crippen molar-refractivity contribution < 1.29 is 4.74 Å². The SMILES string of the molecule is NCCC1C/C=C\C=C/CCOc2ccccc21. The van der Waals surface area contributed by atoms with Crippen molar-refractivity contribution in [2.24, 2.45) is 5.73 Å². The van der Waals surface area contributed by atoms with E-state index in [0.717, 1.165) is 31.6 Å². The molecule has 0 amide bonds. The second-order valence-electron chi connectivity index (χ2n) is 4.54. The molecule has 1 atom stereocenters. The van der Waals surface area contributed by atoms with E-state index in [-0.39, 0.29) is 0 Å². The van der Waals surface area contributed by atoms with E-state index in [0.29, 0.717) is 12.5 Å². The average molecular weight is 243 g/mol. The topological polar surface area (TPSA) is 35.2 Å². The Balaban J connectivity index is 2.27. The van der Waals surface area contributed by atoms with E-state index in [1.807, 2.05) is 6.07 Å². The first-order chi connectivity index (χ1) is 8.92. The van der Waals surface area contributed by atoms with E-state index in [1.165, 1.54) is 5.56 Å². The first-order valence-electron chi connectivity index (χ1n) is 6.65. The highest BCUT2D eigenvalue weighted by Gasteiger charge is 2.14. The van der Waals surface area contributed by atoms with E-state index in [9.17, 15) is 0 Å². The van der Waals surface area contributed by atoms with E-state index >= 15 is 0 Å². The van der Waals surface area contributed by atoms with Crippen LogP contribution in [0.3, 0.4) is 0 Å². The molecule has 0 spiro atoms. The fourth-order valence-corrected chi connectivity index (χ4v) is 2.28. The number of nitrogens with two attached hydrogens (primary N) is 1. The van der Waals surface area contributed by atoms with Crippen LogP contribution in [0.15, 0.2) is 48.6 Å². The Kier molecular flexibility index (Phi) is 5.03. The molecule has 0 bridgehead atoms. The Morgan fingerprint density at radius 2 is 2.00 bits per heavy atom. The molecule has 1 unspecified atom stereocenters. The van der Waals surface area contributed by atoms with Gasteiger partial charge in [-0.1, -0.05) is 42.5 Å². The van der Waals surface area contributed by atoms with E-state index < -0.39 is 0 Å². The number of para-hydroxylation sites is 1. The highest BCUT2D eigenvalue weighted by molar-refractivity contribution is 5.37.